The third-order valence-electron chi connectivity index (χ3n) is 4.81. The molecule has 1 heterocycles. The maximum absolute atomic E-state index is 5.84. The predicted molar refractivity (Wildman–Crippen MR) is 85.7 cm³/mol. The molecule has 0 saturated heterocycles. The number of nitrogens with zero attached hydrogens (tertiary/aromatic N) is 1. The second-order valence-electron chi connectivity index (χ2n) is 6.15. The number of fused-ring (bicyclic) bond motifs is 1. The van der Waals surface area contributed by atoms with Crippen LogP contribution in [0.2, 0.25) is 0 Å². The molecular weight excluding hydrogens is 246 g/mol. The van der Waals surface area contributed by atoms with Gasteiger partial charge in [0.1, 0.15) is 0 Å². The van der Waals surface area contributed by atoms with Crippen LogP contribution >= 0.6 is 0 Å². The molecule has 3 rings (SSSR count). The van der Waals surface area contributed by atoms with E-state index in [1.54, 1.807) is 0 Å². The van der Waals surface area contributed by atoms with Crippen molar-refractivity contribution < 1.29 is 0 Å². The molecule has 106 valence electrons. The van der Waals surface area contributed by atoms with E-state index in [1.807, 2.05) is 18.3 Å². The summed E-state index contributed by atoms with van der Waals surface area (Å²) in [5, 5.41) is 4.90. The minimum absolute atomic E-state index is 0.557. The first-order chi connectivity index (χ1) is 9.65. The highest BCUT2D eigenvalue weighted by Crippen LogP contribution is 2.33. The molecule has 0 radical (unpaired) electrons. The number of hydrogen-bond acceptors (Lipinski definition) is 3. The van der Waals surface area contributed by atoms with Gasteiger partial charge in [-0.1, -0.05) is 26.7 Å². The molecule has 3 unspecified atom stereocenters. The van der Waals surface area contributed by atoms with Gasteiger partial charge in [-0.15, -0.1) is 0 Å². The Hall–Kier alpha value is -1.77. The van der Waals surface area contributed by atoms with E-state index >= 15 is 0 Å². The standard InChI is InChI=1S/C17H23N3/c1-11-4-3-5-15(12(11)2)20-16-8-9-19-17-10-13(18)6-7-14(16)17/h6-12,15H,3-5,18H2,1-2H3,(H,19,20). The summed E-state index contributed by atoms with van der Waals surface area (Å²) in [7, 11) is 0. The molecule has 1 saturated carbocycles. The van der Waals surface area contributed by atoms with Gasteiger partial charge in [-0.25, -0.2) is 0 Å². The molecule has 20 heavy (non-hydrogen) atoms. The highest BCUT2D eigenvalue weighted by molar-refractivity contribution is 5.92. The summed E-state index contributed by atoms with van der Waals surface area (Å²) in [5.74, 6) is 1.51. The molecular formula is C17H23N3. The van der Waals surface area contributed by atoms with Gasteiger partial charge >= 0.3 is 0 Å². The molecule has 1 aliphatic rings. The van der Waals surface area contributed by atoms with E-state index < -0.39 is 0 Å². The summed E-state index contributed by atoms with van der Waals surface area (Å²) in [5.41, 5.74) is 8.75. The van der Waals surface area contributed by atoms with Crippen LogP contribution in [0.4, 0.5) is 11.4 Å². The van der Waals surface area contributed by atoms with Gasteiger partial charge in [0.05, 0.1) is 5.52 Å². The fraction of sp³-hybridized carbons (Fsp3) is 0.471. The van der Waals surface area contributed by atoms with E-state index in [1.165, 1.54) is 24.9 Å². The molecule has 1 aromatic carbocycles. The van der Waals surface area contributed by atoms with Crippen LogP contribution in [0.5, 0.6) is 0 Å². The maximum Gasteiger partial charge on any atom is 0.0743 e. The smallest absolute Gasteiger partial charge is 0.0743 e. The van der Waals surface area contributed by atoms with Crippen LogP contribution < -0.4 is 11.1 Å². The number of nitrogen functional groups attached to an aromatic ring is 1. The Morgan fingerprint density at radius 1 is 1.20 bits per heavy atom. The average molecular weight is 269 g/mol. The molecule has 0 bridgehead atoms. The first kappa shape index (κ1) is 13.2. The zero-order chi connectivity index (χ0) is 14.1. The van der Waals surface area contributed by atoms with Gasteiger partial charge in [-0.3, -0.25) is 4.98 Å². The molecule has 1 aliphatic carbocycles. The lowest BCUT2D eigenvalue weighted by molar-refractivity contribution is 0.253. The van der Waals surface area contributed by atoms with Crippen molar-refractivity contribution in [2.75, 3.05) is 11.1 Å². The Morgan fingerprint density at radius 3 is 2.90 bits per heavy atom. The largest absolute Gasteiger partial charge is 0.399 e. The molecule has 2 aromatic rings. The number of hydrogen-bond donors (Lipinski definition) is 2. The summed E-state index contributed by atoms with van der Waals surface area (Å²) in [6, 6.07) is 8.58. The quantitative estimate of drug-likeness (QED) is 0.808. The zero-order valence-corrected chi connectivity index (χ0v) is 12.3. The van der Waals surface area contributed by atoms with E-state index in [0.717, 1.165) is 22.5 Å². The molecule has 1 aromatic heterocycles. The van der Waals surface area contributed by atoms with Crippen molar-refractivity contribution >= 4 is 22.3 Å². The van der Waals surface area contributed by atoms with Gasteiger partial charge in [-0.2, -0.15) is 0 Å². The Labute approximate surface area is 120 Å². The Morgan fingerprint density at radius 2 is 2.05 bits per heavy atom. The fourth-order valence-electron chi connectivity index (χ4n) is 3.28. The van der Waals surface area contributed by atoms with Crippen LogP contribution in [-0.4, -0.2) is 11.0 Å². The summed E-state index contributed by atoms with van der Waals surface area (Å²) < 4.78 is 0. The molecule has 3 atom stereocenters. The van der Waals surface area contributed by atoms with Crippen LogP contribution in [0.3, 0.4) is 0 Å². The predicted octanol–water partition coefficient (Wildman–Crippen LogP) is 4.05. The molecule has 3 heteroatoms. The molecule has 1 fully saturated rings. The molecule has 0 amide bonds. The van der Waals surface area contributed by atoms with E-state index in [-0.39, 0.29) is 0 Å². The number of pyridine rings is 1. The fourth-order valence-corrected chi connectivity index (χ4v) is 3.28. The molecule has 3 N–H and O–H groups in total. The Kier molecular flexibility index (Phi) is 3.51. The second kappa shape index (κ2) is 5.31. The van der Waals surface area contributed by atoms with Gasteiger partial charge in [-0.05, 0) is 42.5 Å². The van der Waals surface area contributed by atoms with Crippen molar-refractivity contribution in [3.05, 3.63) is 30.5 Å². The molecule has 0 aliphatic heterocycles. The molecule has 3 nitrogen and oxygen atoms in total. The van der Waals surface area contributed by atoms with Crippen molar-refractivity contribution in [3.63, 3.8) is 0 Å². The minimum atomic E-state index is 0.557. The monoisotopic (exact) mass is 269 g/mol. The minimum Gasteiger partial charge on any atom is -0.399 e. The van der Waals surface area contributed by atoms with Crippen LogP contribution in [0.15, 0.2) is 30.5 Å². The first-order valence-electron chi connectivity index (χ1n) is 7.56. The van der Waals surface area contributed by atoms with Crippen LogP contribution in [0.25, 0.3) is 10.9 Å². The van der Waals surface area contributed by atoms with Crippen molar-refractivity contribution in [1.82, 2.24) is 4.98 Å². The number of nitrogens with one attached hydrogen (secondary N) is 1. The van der Waals surface area contributed by atoms with Crippen molar-refractivity contribution in [3.8, 4) is 0 Å². The zero-order valence-electron chi connectivity index (χ0n) is 12.3. The average Bonchev–Trinajstić information content (AvgIpc) is 2.44. The van der Waals surface area contributed by atoms with Crippen molar-refractivity contribution in [1.29, 1.82) is 0 Å². The van der Waals surface area contributed by atoms with E-state index in [2.05, 4.69) is 36.3 Å². The lowest BCUT2D eigenvalue weighted by Crippen LogP contribution is -2.35. The normalized spacial score (nSPS) is 26.6. The summed E-state index contributed by atoms with van der Waals surface area (Å²) >= 11 is 0. The van der Waals surface area contributed by atoms with E-state index in [4.69, 9.17) is 5.73 Å². The third-order valence-corrected chi connectivity index (χ3v) is 4.81. The van der Waals surface area contributed by atoms with Gasteiger partial charge < -0.3 is 11.1 Å². The highest BCUT2D eigenvalue weighted by Gasteiger charge is 2.27. The topological polar surface area (TPSA) is 50.9 Å². The van der Waals surface area contributed by atoms with Crippen LogP contribution in [-0.2, 0) is 0 Å². The van der Waals surface area contributed by atoms with Gasteiger partial charge in [0.15, 0.2) is 0 Å². The number of benzene rings is 1. The lowest BCUT2D eigenvalue weighted by Gasteiger charge is -2.35. The van der Waals surface area contributed by atoms with E-state index in [0.29, 0.717) is 12.0 Å². The number of nitrogens with two attached hydrogens (primary N) is 1. The summed E-state index contributed by atoms with van der Waals surface area (Å²) in [6.07, 6.45) is 5.79. The van der Waals surface area contributed by atoms with Gasteiger partial charge in [0.25, 0.3) is 0 Å². The first-order valence-corrected chi connectivity index (χ1v) is 7.56. The Bertz CT molecular complexity index is 608. The van der Waals surface area contributed by atoms with E-state index in [9.17, 15) is 0 Å². The number of aromatic nitrogens is 1. The SMILES string of the molecule is CC1CCCC(Nc2ccnc3cc(N)ccc23)C1C. The van der Waals surface area contributed by atoms with Crippen molar-refractivity contribution in [2.24, 2.45) is 11.8 Å². The van der Waals surface area contributed by atoms with Crippen molar-refractivity contribution in [2.45, 2.75) is 39.2 Å². The number of anilines is 2. The maximum atomic E-state index is 5.84. The number of rotatable bonds is 2. The lowest BCUT2D eigenvalue weighted by atomic mass is 9.78. The second-order valence-corrected chi connectivity index (χ2v) is 6.15. The van der Waals surface area contributed by atoms with Gasteiger partial charge in [0.2, 0.25) is 0 Å². The summed E-state index contributed by atoms with van der Waals surface area (Å²) in [6.45, 7) is 4.73. The highest BCUT2D eigenvalue weighted by atomic mass is 14.9. The third kappa shape index (κ3) is 2.45. The summed E-state index contributed by atoms with van der Waals surface area (Å²) in [4.78, 5) is 4.41. The van der Waals surface area contributed by atoms with Crippen LogP contribution in [0.1, 0.15) is 33.1 Å². The molecule has 0 spiro atoms. The van der Waals surface area contributed by atoms with Crippen LogP contribution in [0, 0.1) is 11.8 Å². The van der Waals surface area contributed by atoms with Gasteiger partial charge in [0, 0.05) is 29.0 Å². The Balaban J connectivity index is 1.91.